The Kier molecular flexibility index (Phi) is 8.35. The summed E-state index contributed by atoms with van der Waals surface area (Å²) in [5, 5.41) is 14.8. The van der Waals surface area contributed by atoms with Gasteiger partial charge in [-0.05, 0) is 20.3 Å². The maximum Gasteiger partial charge on any atom is 0.246 e. The van der Waals surface area contributed by atoms with Crippen molar-refractivity contribution in [3.8, 4) is 0 Å². The van der Waals surface area contributed by atoms with Crippen LogP contribution < -0.4 is 10.6 Å². The van der Waals surface area contributed by atoms with Crippen LogP contribution >= 0.6 is 0 Å². The van der Waals surface area contributed by atoms with Gasteiger partial charge < -0.3 is 20.5 Å². The summed E-state index contributed by atoms with van der Waals surface area (Å²) in [7, 11) is 0. The Labute approximate surface area is 102 Å². The van der Waals surface area contributed by atoms with Gasteiger partial charge >= 0.3 is 0 Å². The van der Waals surface area contributed by atoms with Crippen molar-refractivity contribution < 1.29 is 19.4 Å². The van der Waals surface area contributed by atoms with Gasteiger partial charge in [-0.15, -0.1) is 0 Å². The molecule has 6 nitrogen and oxygen atoms in total. The van der Waals surface area contributed by atoms with Crippen molar-refractivity contribution >= 4 is 11.8 Å². The Bertz CT molecular complexity index is 246. The van der Waals surface area contributed by atoms with Crippen LogP contribution in [-0.4, -0.2) is 48.8 Å². The molecule has 0 saturated carbocycles. The minimum Gasteiger partial charge on any atom is -0.391 e. The molecular formula is C11H22N2O4. The van der Waals surface area contributed by atoms with Crippen LogP contribution in [0.4, 0.5) is 0 Å². The molecule has 0 spiro atoms. The highest BCUT2D eigenvalue weighted by Crippen LogP contribution is 1.97. The highest BCUT2D eigenvalue weighted by Gasteiger charge is 2.12. The molecule has 100 valence electrons. The van der Waals surface area contributed by atoms with E-state index in [1.54, 1.807) is 6.92 Å². The summed E-state index contributed by atoms with van der Waals surface area (Å²) in [6.45, 7) is 5.71. The average molecular weight is 246 g/mol. The van der Waals surface area contributed by atoms with Gasteiger partial charge in [-0.2, -0.15) is 0 Å². The molecule has 17 heavy (non-hydrogen) atoms. The van der Waals surface area contributed by atoms with E-state index in [-0.39, 0.29) is 31.0 Å². The fourth-order valence-electron chi connectivity index (χ4n) is 1.32. The summed E-state index contributed by atoms with van der Waals surface area (Å²) in [6, 6.07) is -0.160. The average Bonchev–Trinajstić information content (AvgIpc) is 2.23. The predicted octanol–water partition coefficient (Wildman–Crippen LogP) is -0.585. The fourth-order valence-corrected chi connectivity index (χ4v) is 1.32. The molecule has 1 unspecified atom stereocenters. The summed E-state index contributed by atoms with van der Waals surface area (Å²) in [5.41, 5.74) is 0. The van der Waals surface area contributed by atoms with E-state index in [0.717, 1.165) is 0 Å². The van der Waals surface area contributed by atoms with Gasteiger partial charge in [0.2, 0.25) is 11.8 Å². The van der Waals surface area contributed by atoms with Crippen LogP contribution in [0.5, 0.6) is 0 Å². The second kappa shape index (κ2) is 8.95. The topological polar surface area (TPSA) is 87.7 Å². The molecule has 0 rings (SSSR count). The molecule has 6 heteroatoms. The standard InChI is InChI=1S/C11H22N2O4/c1-4-17-7-11(16)13-8(2)5-10(15)6-12-9(3)14/h8,10,15H,4-7H2,1-3H3,(H,12,14)(H,13,16)/t8?,10-/m0/s1. The molecule has 2 atom stereocenters. The number of aliphatic hydroxyl groups is 1. The zero-order valence-electron chi connectivity index (χ0n) is 10.7. The van der Waals surface area contributed by atoms with Gasteiger partial charge in [0, 0.05) is 26.1 Å². The van der Waals surface area contributed by atoms with Gasteiger partial charge in [0.25, 0.3) is 0 Å². The number of aliphatic hydroxyl groups excluding tert-OH is 1. The highest BCUT2D eigenvalue weighted by atomic mass is 16.5. The van der Waals surface area contributed by atoms with Crippen LogP contribution in [0.15, 0.2) is 0 Å². The molecule has 2 amide bonds. The van der Waals surface area contributed by atoms with Crippen molar-refractivity contribution in [3.63, 3.8) is 0 Å². The van der Waals surface area contributed by atoms with Crippen molar-refractivity contribution in [2.45, 2.75) is 39.3 Å². The summed E-state index contributed by atoms with van der Waals surface area (Å²) in [5.74, 6) is -0.386. The predicted molar refractivity (Wildman–Crippen MR) is 63.4 cm³/mol. The van der Waals surface area contributed by atoms with Crippen LogP contribution in [0.1, 0.15) is 27.2 Å². The van der Waals surface area contributed by atoms with Crippen molar-refractivity contribution in [3.05, 3.63) is 0 Å². The summed E-state index contributed by atoms with van der Waals surface area (Å²) in [4.78, 5) is 21.9. The lowest BCUT2D eigenvalue weighted by Gasteiger charge is -2.18. The fraction of sp³-hybridized carbons (Fsp3) is 0.818. The SMILES string of the molecule is CCOCC(=O)NC(C)C[C@H](O)CNC(C)=O. The zero-order chi connectivity index (χ0) is 13.3. The second-order valence-electron chi connectivity index (χ2n) is 3.93. The van der Waals surface area contributed by atoms with Gasteiger partial charge in [-0.1, -0.05) is 0 Å². The Balaban J connectivity index is 3.72. The molecule has 0 aliphatic rings. The normalized spacial score (nSPS) is 13.9. The maximum absolute atomic E-state index is 11.3. The number of carbonyl (C=O) groups is 2. The first-order chi connectivity index (χ1) is 7.95. The van der Waals surface area contributed by atoms with Crippen LogP contribution in [0.3, 0.4) is 0 Å². The van der Waals surface area contributed by atoms with Gasteiger partial charge in [0.05, 0.1) is 6.10 Å². The second-order valence-corrected chi connectivity index (χ2v) is 3.93. The lowest BCUT2D eigenvalue weighted by Crippen LogP contribution is -2.40. The van der Waals surface area contributed by atoms with E-state index in [1.807, 2.05) is 6.92 Å². The number of ether oxygens (including phenoxy) is 1. The van der Waals surface area contributed by atoms with E-state index in [1.165, 1.54) is 6.92 Å². The molecule has 0 radical (unpaired) electrons. The van der Waals surface area contributed by atoms with E-state index in [9.17, 15) is 14.7 Å². The van der Waals surface area contributed by atoms with Crippen LogP contribution in [0, 0.1) is 0 Å². The summed E-state index contributed by atoms with van der Waals surface area (Å²) < 4.78 is 4.95. The number of hydrogen-bond donors (Lipinski definition) is 3. The number of nitrogens with one attached hydrogen (secondary N) is 2. The van der Waals surface area contributed by atoms with Gasteiger partial charge in [-0.25, -0.2) is 0 Å². The lowest BCUT2D eigenvalue weighted by molar-refractivity contribution is -0.126. The number of carbonyl (C=O) groups excluding carboxylic acids is 2. The molecule has 0 aliphatic heterocycles. The van der Waals surface area contributed by atoms with Crippen LogP contribution in [0.25, 0.3) is 0 Å². The third kappa shape index (κ3) is 9.77. The largest absolute Gasteiger partial charge is 0.391 e. The van der Waals surface area contributed by atoms with Crippen molar-refractivity contribution in [2.75, 3.05) is 19.8 Å². The molecule has 0 aliphatic carbocycles. The van der Waals surface area contributed by atoms with E-state index in [4.69, 9.17) is 4.74 Å². The van der Waals surface area contributed by atoms with Crippen LogP contribution in [0.2, 0.25) is 0 Å². The maximum atomic E-state index is 11.3. The van der Waals surface area contributed by atoms with Gasteiger partial charge in [0.15, 0.2) is 0 Å². The van der Waals surface area contributed by atoms with Crippen molar-refractivity contribution in [2.24, 2.45) is 0 Å². The molecule has 0 heterocycles. The number of amides is 2. The Hall–Kier alpha value is -1.14. The lowest BCUT2D eigenvalue weighted by atomic mass is 10.1. The Morgan fingerprint density at radius 1 is 1.41 bits per heavy atom. The molecule has 0 aromatic heterocycles. The highest BCUT2D eigenvalue weighted by molar-refractivity contribution is 5.77. The first kappa shape index (κ1) is 15.9. The third-order valence-electron chi connectivity index (χ3n) is 2.06. The zero-order valence-corrected chi connectivity index (χ0v) is 10.7. The van der Waals surface area contributed by atoms with Crippen molar-refractivity contribution in [1.29, 1.82) is 0 Å². The third-order valence-corrected chi connectivity index (χ3v) is 2.06. The van der Waals surface area contributed by atoms with E-state index < -0.39 is 6.10 Å². The first-order valence-corrected chi connectivity index (χ1v) is 5.75. The number of hydrogen-bond acceptors (Lipinski definition) is 4. The molecular weight excluding hydrogens is 224 g/mol. The van der Waals surface area contributed by atoms with E-state index in [0.29, 0.717) is 13.0 Å². The molecule has 0 bridgehead atoms. The monoisotopic (exact) mass is 246 g/mol. The van der Waals surface area contributed by atoms with Crippen molar-refractivity contribution in [1.82, 2.24) is 10.6 Å². The van der Waals surface area contributed by atoms with E-state index in [2.05, 4.69) is 10.6 Å². The van der Waals surface area contributed by atoms with Crippen LogP contribution in [-0.2, 0) is 14.3 Å². The molecule has 3 N–H and O–H groups in total. The Morgan fingerprint density at radius 3 is 2.59 bits per heavy atom. The molecule has 0 aromatic rings. The minimum atomic E-state index is -0.665. The summed E-state index contributed by atoms with van der Waals surface area (Å²) in [6.07, 6.45) is -0.278. The quantitative estimate of drug-likeness (QED) is 0.534. The van der Waals surface area contributed by atoms with Gasteiger partial charge in [-0.3, -0.25) is 9.59 Å². The first-order valence-electron chi connectivity index (χ1n) is 5.75. The molecule has 0 saturated heterocycles. The minimum absolute atomic E-state index is 0.0304. The number of rotatable bonds is 8. The molecule has 0 aromatic carbocycles. The van der Waals surface area contributed by atoms with E-state index >= 15 is 0 Å². The molecule has 0 fully saturated rings. The Morgan fingerprint density at radius 2 is 2.06 bits per heavy atom. The van der Waals surface area contributed by atoms with Gasteiger partial charge in [0.1, 0.15) is 6.61 Å². The summed E-state index contributed by atoms with van der Waals surface area (Å²) >= 11 is 0. The smallest absolute Gasteiger partial charge is 0.246 e.